The van der Waals surface area contributed by atoms with Gasteiger partial charge in [-0.15, -0.1) is 0 Å². The van der Waals surface area contributed by atoms with E-state index in [1.165, 1.54) is 0 Å². The van der Waals surface area contributed by atoms with E-state index in [1.54, 1.807) is 20.8 Å². The predicted octanol–water partition coefficient (Wildman–Crippen LogP) is 3.39. The quantitative estimate of drug-likeness (QED) is 0.768. The zero-order valence-electron chi connectivity index (χ0n) is 15.0. The number of carbonyl (C=O) groups excluding carboxylic acids is 1. The first-order valence-corrected chi connectivity index (χ1v) is 8.39. The molecule has 0 spiro atoms. The molecule has 1 aliphatic heterocycles. The summed E-state index contributed by atoms with van der Waals surface area (Å²) >= 11 is 0. The number of carbonyl (C=O) groups is 1. The molecule has 0 saturated heterocycles. The van der Waals surface area contributed by atoms with Gasteiger partial charge in [0.05, 0.1) is 12.9 Å². The molecule has 25 heavy (non-hydrogen) atoms. The summed E-state index contributed by atoms with van der Waals surface area (Å²) in [7, 11) is 0. The standard InChI is InChI=1S/C19H25FN2O3/c1-19(2,3)25-17(23)9-4-14(12-20)13-24-16-7-5-15(6-8-16)18-21-10-11-22-18/h5-8,12H,4,9-11,13H2,1-3H3,(H,21,22). The van der Waals surface area contributed by atoms with E-state index in [4.69, 9.17) is 9.47 Å². The molecule has 0 bridgehead atoms. The summed E-state index contributed by atoms with van der Waals surface area (Å²) in [6, 6.07) is 7.46. The number of rotatable bonds is 7. The molecular formula is C19H25FN2O3. The van der Waals surface area contributed by atoms with Gasteiger partial charge in [-0.2, -0.15) is 0 Å². The summed E-state index contributed by atoms with van der Waals surface area (Å²) in [6.45, 7) is 7.15. The lowest BCUT2D eigenvalue weighted by Gasteiger charge is -2.19. The molecule has 5 nitrogen and oxygen atoms in total. The van der Waals surface area contributed by atoms with Crippen LogP contribution in [-0.4, -0.2) is 37.1 Å². The average molecular weight is 348 g/mol. The van der Waals surface area contributed by atoms with E-state index in [1.807, 2.05) is 24.3 Å². The van der Waals surface area contributed by atoms with Crippen LogP contribution in [0.1, 0.15) is 39.2 Å². The van der Waals surface area contributed by atoms with Crippen LogP contribution in [0.25, 0.3) is 0 Å². The van der Waals surface area contributed by atoms with E-state index in [0.717, 1.165) is 24.5 Å². The van der Waals surface area contributed by atoms with E-state index in [2.05, 4.69) is 10.3 Å². The third kappa shape index (κ3) is 6.57. The Kier molecular flexibility index (Phi) is 6.56. The molecule has 1 aliphatic rings. The molecule has 0 saturated carbocycles. The van der Waals surface area contributed by atoms with Gasteiger partial charge in [-0.1, -0.05) is 0 Å². The maximum Gasteiger partial charge on any atom is 0.306 e. The van der Waals surface area contributed by atoms with Crippen molar-refractivity contribution in [1.82, 2.24) is 5.32 Å². The summed E-state index contributed by atoms with van der Waals surface area (Å²) in [5, 5.41) is 3.20. The molecule has 0 aliphatic carbocycles. The highest BCUT2D eigenvalue weighted by Gasteiger charge is 2.16. The Balaban J connectivity index is 1.79. The maximum atomic E-state index is 13.0. The number of ether oxygens (including phenoxy) is 2. The minimum absolute atomic E-state index is 0.0951. The van der Waals surface area contributed by atoms with Crippen molar-refractivity contribution in [2.75, 3.05) is 19.7 Å². The monoisotopic (exact) mass is 348 g/mol. The average Bonchev–Trinajstić information content (AvgIpc) is 3.08. The van der Waals surface area contributed by atoms with Crippen molar-refractivity contribution in [1.29, 1.82) is 0 Å². The molecule has 1 aromatic rings. The van der Waals surface area contributed by atoms with Crippen LogP contribution in [0, 0.1) is 0 Å². The summed E-state index contributed by atoms with van der Waals surface area (Å²) in [5.74, 6) is 1.17. The zero-order valence-corrected chi connectivity index (χ0v) is 15.0. The van der Waals surface area contributed by atoms with Crippen molar-refractivity contribution >= 4 is 11.8 Å². The Labute approximate surface area is 147 Å². The Bertz CT molecular complexity index is 646. The van der Waals surface area contributed by atoms with Gasteiger partial charge in [-0.05, 0) is 57.0 Å². The van der Waals surface area contributed by atoms with Crippen LogP contribution in [0.2, 0.25) is 0 Å². The van der Waals surface area contributed by atoms with Crippen LogP contribution < -0.4 is 10.1 Å². The second-order valence-electron chi connectivity index (χ2n) is 6.82. The highest BCUT2D eigenvalue weighted by Crippen LogP contribution is 2.17. The molecule has 136 valence electrons. The second kappa shape index (κ2) is 8.65. The maximum absolute atomic E-state index is 13.0. The van der Waals surface area contributed by atoms with Gasteiger partial charge in [0.2, 0.25) is 0 Å². The van der Waals surface area contributed by atoms with Crippen LogP contribution in [0.15, 0.2) is 41.2 Å². The van der Waals surface area contributed by atoms with E-state index in [0.29, 0.717) is 17.7 Å². The normalized spacial score (nSPS) is 14.7. The van der Waals surface area contributed by atoms with Crippen LogP contribution in [-0.2, 0) is 9.53 Å². The highest BCUT2D eigenvalue weighted by atomic mass is 19.1. The van der Waals surface area contributed by atoms with Gasteiger partial charge in [0.25, 0.3) is 0 Å². The van der Waals surface area contributed by atoms with Crippen molar-refractivity contribution in [3.8, 4) is 5.75 Å². The lowest BCUT2D eigenvalue weighted by molar-refractivity contribution is -0.154. The van der Waals surface area contributed by atoms with Gasteiger partial charge in [0, 0.05) is 18.5 Å². The third-order valence-corrected chi connectivity index (χ3v) is 3.45. The summed E-state index contributed by atoms with van der Waals surface area (Å²) in [6.07, 6.45) is 0.890. The number of hydrogen-bond donors (Lipinski definition) is 1. The number of nitrogens with zero attached hydrogens (tertiary/aromatic N) is 1. The lowest BCUT2D eigenvalue weighted by atomic mass is 10.1. The molecule has 0 aromatic heterocycles. The minimum atomic E-state index is -0.534. The smallest absolute Gasteiger partial charge is 0.306 e. The van der Waals surface area contributed by atoms with E-state index in [9.17, 15) is 9.18 Å². The summed E-state index contributed by atoms with van der Waals surface area (Å²) in [4.78, 5) is 16.0. The Morgan fingerprint density at radius 1 is 1.28 bits per heavy atom. The second-order valence-corrected chi connectivity index (χ2v) is 6.82. The molecule has 0 amide bonds. The SMILES string of the molecule is CC(C)(C)OC(=O)CCC(=CF)COc1ccc(C2=NCCN2)cc1. The van der Waals surface area contributed by atoms with E-state index in [-0.39, 0.29) is 25.4 Å². The van der Waals surface area contributed by atoms with Gasteiger partial charge in [-0.25, -0.2) is 4.39 Å². The van der Waals surface area contributed by atoms with Crippen molar-refractivity contribution < 1.29 is 18.7 Å². The highest BCUT2D eigenvalue weighted by molar-refractivity contribution is 5.99. The number of nitrogens with one attached hydrogen (secondary N) is 1. The molecule has 0 atom stereocenters. The van der Waals surface area contributed by atoms with Crippen LogP contribution >= 0.6 is 0 Å². The summed E-state index contributed by atoms with van der Waals surface area (Å²) in [5.41, 5.74) is 0.876. The number of amidine groups is 1. The van der Waals surface area contributed by atoms with E-state index < -0.39 is 5.60 Å². The fraction of sp³-hybridized carbons (Fsp3) is 0.474. The van der Waals surface area contributed by atoms with E-state index >= 15 is 0 Å². The van der Waals surface area contributed by atoms with Crippen molar-refractivity contribution in [3.05, 3.63) is 41.7 Å². The van der Waals surface area contributed by atoms with Crippen LogP contribution in [0.4, 0.5) is 4.39 Å². The molecule has 1 aromatic carbocycles. The first kappa shape index (κ1) is 19.0. The molecule has 1 heterocycles. The number of aliphatic imine (C=N–C) groups is 1. The number of halogens is 1. The van der Waals surface area contributed by atoms with Crippen LogP contribution in [0.3, 0.4) is 0 Å². The Hall–Kier alpha value is -2.37. The topological polar surface area (TPSA) is 59.9 Å². The minimum Gasteiger partial charge on any atom is -0.489 e. The zero-order chi connectivity index (χ0) is 18.3. The van der Waals surface area contributed by atoms with Gasteiger partial charge < -0.3 is 14.8 Å². The summed E-state index contributed by atoms with van der Waals surface area (Å²) < 4.78 is 23.8. The number of benzene rings is 1. The molecular weight excluding hydrogens is 323 g/mol. The molecule has 0 unspecified atom stereocenters. The number of esters is 1. The Morgan fingerprint density at radius 3 is 2.56 bits per heavy atom. The molecule has 2 rings (SSSR count). The molecule has 6 heteroatoms. The molecule has 1 N–H and O–H groups in total. The fourth-order valence-electron chi connectivity index (χ4n) is 2.29. The van der Waals surface area contributed by atoms with Crippen LogP contribution in [0.5, 0.6) is 5.75 Å². The van der Waals surface area contributed by atoms with Crippen molar-refractivity contribution in [3.63, 3.8) is 0 Å². The predicted molar refractivity (Wildman–Crippen MR) is 95.6 cm³/mol. The largest absolute Gasteiger partial charge is 0.489 e. The van der Waals surface area contributed by atoms with Gasteiger partial charge in [-0.3, -0.25) is 9.79 Å². The first-order valence-electron chi connectivity index (χ1n) is 8.39. The van der Waals surface area contributed by atoms with Crippen molar-refractivity contribution in [2.24, 2.45) is 4.99 Å². The van der Waals surface area contributed by atoms with Gasteiger partial charge in [0.15, 0.2) is 0 Å². The van der Waals surface area contributed by atoms with Gasteiger partial charge >= 0.3 is 5.97 Å². The molecule has 0 radical (unpaired) electrons. The van der Waals surface area contributed by atoms with Crippen molar-refractivity contribution in [2.45, 2.75) is 39.2 Å². The number of hydrogen-bond acceptors (Lipinski definition) is 5. The fourth-order valence-corrected chi connectivity index (χ4v) is 2.29. The Morgan fingerprint density at radius 2 is 2.00 bits per heavy atom. The molecule has 0 fully saturated rings. The lowest BCUT2D eigenvalue weighted by Crippen LogP contribution is -2.23. The van der Waals surface area contributed by atoms with Gasteiger partial charge in [0.1, 0.15) is 23.8 Å². The third-order valence-electron chi connectivity index (χ3n) is 3.45. The first-order chi connectivity index (χ1) is 11.9.